The zero-order valence-corrected chi connectivity index (χ0v) is 17.0. The molecule has 3 heterocycles. The van der Waals surface area contributed by atoms with Gasteiger partial charge in [-0.2, -0.15) is 0 Å². The quantitative estimate of drug-likeness (QED) is 0.308. The van der Waals surface area contributed by atoms with Gasteiger partial charge < -0.3 is 24.4 Å². The summed E-state index contributed by atoms with van der Waals surface area (Å²) in [7, 11) is 1.95. The lowest BCUT2D eigenvalue weighted by Crippen LogP contribution is -2.37. The molecule has 8 nitrogen and oxygen atoms in total. The van der Waals surface area contributed by atoms with Crippen LogP contribution in [0, 0.1) is 6.92 Å². The number of ether oxygens (including phenoxy) is 1. The molecule has 9 heteroatoms. The molecule has 0 saturated heterocycles. The Hall–Kier alpha value is -2.65. The maximum atomic E-state index is 5.61. The fraction of sp³-hybridized carbons (Fsp3) is 0.421. The van der Waals surface area contributed by atoms with Crippen LogP contribution in [-0.2, 0) is 31.5 Å². The molecule has 150 valence electrons. The van der Waals surface area contributed by atoms with E-state index in [1.54, 1.807) is 17.6 Å². The standard InChI is InChI=1S/C19H26N6O2S/c1-15-23-24-18(25(15)2)13-22-19(21-12-17-7-4-11-28-17)20-8-5-9-26-14-16-6-3-10-27-16/h3-4,6-7,10-11H,5,8-9,12-14H2,1-2H3,(H2,20,21,22). The third-order valence-corrected chi connectivity index (χ3v) is 5.03. The first kappa shape index (κ1) is 20.1. The molecular formula is C19H26N6O2S. The third-order valence-electron chi connectivity index (χ3n) is 4.15. The molecule has 0 aliphatic carbocycles. The summed E-state index contributed by atoms with van der Waals surface area (Å²) in [6.07, 6.45) is 2.52. The molecule has 0 bridgehead atoms. The van der Waals surface area contributed by atoms with Gasteiger partial charge in [-0.25, -0.2) is 4.99 Å². The van der Waals surface area contributed by atoms with E-state index in [1.165, 1.54) is 4.88 Å². The summed E-state index contributed by atoms with van der Waals surface area (Å²) < 4.78 is 12.8. The summed E-state index contributed by atoms with van der Waals surface area (Å²) in [5, 5.41) is 17.0. The van der Waals surface area contributed by atoms with Crippen LogP contribution in [0.5, 0.6) is 0 Å². The van der Waals surface area contributed by atoms with Gasteiger partial charge in [0.2, 0.25) is 0 Å². The number of hydrogen-bond donors (Lipinski definition) is 2. The number of rotatable bonds is 10. The van der Waals surface area contributed by atoms with Crippen molar-refractivity contribution in [3.05, 3.63) is 58.2 Å². The molecule has 0 unspecified atom stereocenters. The molecule has 0 spiro atoms. The smallest absolute Gasteiger partial charge is 0.192 e. The van der Waals surface area contributed by atoms with Crippen molar-refractivity contribution >= 4 is 17.3 Å². The van der Waals surface area contributed by atoms with Gasteiger partial charge >= 0.3 is 0 Å². The van der Waals surface area contributed by atoms with E-state index in [0.29, 0.717) is 19.8 Å². The molecule has 3 aromatic rings. The molecule has 28 heavy (non-hydrogen) atoms. The molecule has 3 aromatic heterocycles. The summed E-state index contributed by atoms with van der Waals surface area (Å²) >= 11 is 1.72. The van der Waals surface area contributed by atoms with Crippen LogP contribution in [0.25, 0.3) is 0 Å². The fourth-order valence-electron chi connectivity index (χ4n) is 2.45. The SMILES string of the molecule is Cc1nnc(CN=C(NCCCOCc2ccco2)NCc2cccs2)n1C. The maximum Gasteiger partial charge on any atom is 0.192 e. The third kappa shape index (κ3) is 6.21. The van der Waals surface area contributed by atoms with E-state index in [4.69, 9.17) is 9.15 Å². The first-order valence-electron chi connectivity index (χ1n) is 9.22. The van der Waals surface area contributed by atoms with E-state index in [9.17, 15) is 0 Å². The summed E-state index contributed by atoms with van der Waals surface area (Å²) in [4.78, 5) is 5.90. The molecule has 0 aliphatic heterocycles. The van der Waals surface area contributed by atoms with Crippen molar-refractivity contribution in [1.29, 1.82) is 0 Å². The number of aliphatic imine (C=N–C) groups is 1. The van der Waals surface area contributed by atoms with Gasteiger partial charge in [-0.1, -0.05) is 6.07 Å². The molecule has 0 atom stereocenters. The van der Waals surface area contributed by atoms with Gasteiger partial charge in [0.05, 0.1) is 12.8 Å². The normalized spacial score (nSPS) is 11.7. The van der Waals surface area contributed by atoms with Crippen LogP contribution >= 0.6 is 11.3 Å². The number of hydrogen-bond acceptors (Lipinski definition) is 6. The highest BCUT2D eigenvalue weighted by Gasteiger charge is 2.05. The highest BCUT2D eigenvalue weighted by molar-refractivity contribution is 7.09. The Morgan fingerprint density at radius 3 is 2.93 bits per heavy atom. The first-order chi connectivity index (χ1) is 13.7. The zero-order chi connectivity index (χ0) is 19.6. The molecule has 0 fully saturated rings. The maximum absolute atomic E-state index is 5.61. The summed E-state index contributed by atoms with van der Waals surface area (Å²) in [5.41, 5.74) is 0. The molecule has 0 amide bonds. The predicted octanol–water partition coefficient (Wildman–Crippen LogP) is 2.62. The van der Waals surface area contributed by atoms with Crippen LogP contribution in [0.2, 0.25) is 0 Å². The lowest BCUT2D eigenvalue weighted by molar-refractivity contribution is 0.105. The van der Waals surface area contributed by atoms with Crippen LogP contribution in [0.1, 0.15) is 28.7 Å². The Balaban J connectivity index is 1.45. The van der Waals surface area contributed by atoms with Crippen molar-refractivity contribution in [2.45, 2.75) is 33.0 Å². The molecule has 3 rings (SSSR count). The van der Waals surface area contributed by atoms with Gasteiger partial charge in [-0.3, -0.25) is 0 Å². The van der Waals surface area contributed by atoms with Crippen molar-refractivity contribution in [1.82, 2.24) is 25.4 Å². The fourth-order valence-corrected chi connectivity index (χ4v) is 3.09. The Labute approximate surface area is 168 Å². The summed E-state index contributed by atoms with van der Waals surface area (Å²) in [6.45, 7) is 5.02. The Morgan fingerprint density at radius 2 is 2.21 bits per heavy atom. The summed E-state index contributed by atoms with van der Waals surface area (Å²) in [5.74, 6) is 3.29. The highest BCUT2D eigenvalue weighted by atomic mass is 32.1. The van der Waals surface area contributed by atoms with Gasteiger partial charge in [0.15, 0.2) is 11.8 Å². The Bertz CT molecular complexity index is 842. The van der Waals surface area contributed by atoms with Crippen LogP contribution in [0.4, 0.5) is 0 Å². The second-order valence-corrected chi connectivity index (χ2v) is 7.26. The van der Waals surface area contributed by atoms with E-state index < -0.39 is 0 Å². The van der Waals surface area contributed by atoms with Crippen molar-refractivity contribution < 1.29 is 9.15 Å². The minimum atomic E-state index is 0.464. The van der Waals surface area contributed by atoms with Crippen LogP contribution in [0.3, 0.4) is 0 Å². The lowest BCUT2D eigenvalue weighted by atomic mass is 10.4. The number of nitrogens with zero attached hydrogens (tertiary/aromatic N) is 4. The average molecular weight is 403 g/mol. The van der Waals surface area contributed by atoms with Gasteiger partial charge in [0, 0.05) is 25.1 Å². The van der Waals surface area contributed by atoms with Crippen LogP contribution < -0.4 is 10.6 Å². The Morgan fingerprint density at radius 1 is 1.29 bits per heavy atom. The number of guanidine groups is 1. The molecular weight excluding hydrogens is 376 g/mol. The van der Waals surface area contributed by atoms with Crippen molar-refractivity contribution in [3.8, 4) is 0 Å². The van der Waals surface area contributed by atoms with Crippen LogP contribution in [0.15, 0.2) is 45.3 Å². The monoisotopic (exact) mass is 402 g/mol. The number of furan rings is 1. The predicted molar refractivity (Wildman–Crippen MR) is 109 cm³/mol. The number of aromatic nitrogens is 3. The van der Waals surface area contributed by atoms with E-state index >= 15 is 0 Å². The van der Waals surface area contributed by atoms with Crippen molar-refractivity contribution in [3.63, 3.8) is 0 Å². The van der Waals surface area contributed by atoms with E-state index in [2.05, 4.69) is 37.3 Å². The zero-order valence-electron chi connectivity index (χ0n) is 16.2. The molecule has 2 N–H and O–H groups in total. The minimum Gasteiger partial charge on any atom is -0.467 e. The van der Waals surface area contributed by atoms with E-state index in [0.717, 1.165) is 42.9 Å². The Kier molecular flexibility index (Phi) is 7.62. The lowest BCUT2D eigenvalue weighted by Gasteiger charge is -2.12. The van der Waals surface area contributed by atoms with Crippen molar-refractivity contribution in [2.75, 3.05) is 13.2 Å². The minimum absolute atomic E-state index is 0.464. The number of aryl methyl sites for hydroxylation is 1. The van der Waals surface area contributed by atoms with E-state index in [-0.39, 0.29) is 0 Å². The largest absolute Gasteiger partial charge is 0.467 e. The summed E-state index contributed by atoms with van der Waals surface area (Å²) in [6, 6.07) is 7.92. The van der Waals surface area contributed by atoms with Crippen molar-refractivity contribution in [2.24, 2.45) is 12.0 Å². The van der Waals surface area contributed by atoms with Gasteiger partial charge in [-0.05, 0) is 36.9 Å². The first-order valence-corrected chi connectivity index (χ1v) is 10.1. The number of thiophene rings is 1. The molecule has 0 radical (unpaired) electrons. The molecule has 0 saturated carbocycles. The van der Waals surface area contributed by atoms with Gasteiger partial charge in [0.25, 0.3) is 0 Å². The van der Waals surface area contributed by atoms with Gasteiger partial charge in [-0.15, -0.1) is 21.5 Å². The average Bonchev–Trinajstić information content (AvgIpc) is 3.45. The second kappa shape index (κ2) is 10.6. The second-order valence-electron chi connectivity index (χ2n) is 6.23. The number of nitrogens with one attached hydrogen (secondary N) is 2. The van der Waals surface area contributed by atoms with Gasteiger partial charge in [0.1, 0.15) is 24.7 Å². The highest BCUT2D eigenvalue weighted by Crippen LogP contribution is 2.07. The molecule has 0 aromatic carbocycles. The topological polar surface area (TPSA) is 89.5 Å². The van der Waals surface area contributed by atoms with Crippen LogP contribution in [-0.4, -0.2) is 33.9 Å². The van der Waals surface area contributed by atoms with E-state index in [1.807, 2.05) is 36.7 Å². The molecule has 0 aliphatic rings.